The quantitative estimate of drug-likeness (QED) is 0.729. The average molecular weight is 359 g/mol. The molecule has 1 saturated heterocycles. The Morgan fingerprint density at radius 2 is 1.30 bits per heavy atom. The molecule has 0 bridgehead atoms. The van der Waals surface area contributed by atoms with Crippen LogP contribution in [0, 0.1) is 0 Å². The highest BCUT2D eigenvalue weighted by molar-refractivity contribution is 5.36. The second-order valence-corrected chi connectivity index (χ2v) is 7.36. The summed E-state index contributed by atoms with van der Waals surface area (Å²) < 4.78 is 0. The zero-order chi connectivity index (χ0) is 18.7. The van der Waals surface area contributed by atoms with Crippen LogP contribution >= 0.6 is 0 Å². The standard InChI is InChI=1S/C24H25NO2/c26-18-25-17-24(27,21-14-8-3-9-15-21)16-22(25)23(19-10-4-1-5-11-19)20-12-6-2-7-13-20/h1-15,22-23,26-27H,16-18H2/t22-,24-/m0/s1. The van der Waals surface area contributed by atoms with Gasteiger partial charge in [0, 0.05) is 18.5 Å². The molecule has 3 aromatic carbocycles. The Bertz CT molecular complexity index is 814. The van der Waals surface area contributed by atoms with Gasteiger partial charge in [0.25, 0.3) is 0 Å². The average Bonchev–Trinajstić information content (AvgIpc) is 3.08. The van der Waals surface area contributed by atoms with E-state index in [0.717, 1.165) is 5.56 Å². The van der Waals surface area contributed by atoms with E-state index < -0.39 is 5.60 Å². The highest BCUT2D eigenvalue weighted by atomic mass is 16.3. The van der Waals surface area contributed by atoms with E-state index in [4.69, 9.17) is 0 Å². The molecule has 3 nitrogen and oxygen atoms in total. The van der Waals surface area contributed by atoms with Crippen molar-refractivity contribution >= 4 is 0 Å². The van der Waals surface area contributed by atoms with Gasteiger partial charge in [-0.05, 0) is 23.1 Å². The lowest BCUT2D eigenvalue weighted by Gasteiger charge is -2.31. The lowest BCUT2D eigenvalue weighted by Crippen LogP contribution is -2.36. The summed E-state index contributed by atoms with van der Waals surface area (Å²) in [5.74, 6) is 0.0808. The van der Waals surface area contributed by atoms with Gasteiger partial charge in [0.1, 0.15) is 5.60 Å². The van der Waals surface area contributed by atoms with Gasteiger partial charge in [-0.15, -0.1) is 0 Å². The Labute approximate surface area is 160 Å². The first-order valence-corrected chi connectivity index (χ1v) is 9.44. The van der Waals surface area contributed by atoms with Gasteiger partial charge in [-0.2, -0.15) is 0 Å². The summed E-state index contributed by atoms with van der Waals surface area (Å²) in [6.07, 6.45) is 0.575. The van der Waals surface area contributed by atoms with Crippen LogP contribution in [0.15, 0.2) is 91.0 Å². The van der Waals surface area contributed by atoms with Crippen LogP contribution in [0.4, 0.5) is 0 Å². The Balaban J connectivity index is 1.75. The molecule has 0 unspecified atom stereocenters. The zero-order valence-electron chi connectivity index (χ0n) is 15.3. The monoisotopic (exact) mass is 359 g/mol. The second kappa shape index (κ2) is 7.65. The summed E-state index contributed by atoms with van der Waals surface area (Å²) in [6.45, 7) is 0.352. The molecule has 1 aliphatic rings. The van der Waals surface area contributed by atoms with Crippen molar-refractivity contribution in [2.24, 2.45) is 0 Å². The molecular formula is C24H25NO2. The van der Waals surface area contributed by atoms with Gasteiger partial charge in [0.15, 0.2) is 0 Å². The predicted molar refractivity (Wildman–Crippen MR) is 107 cm³/mol. The van der Waals surface area contributed by atoms with E-state index in [1.165, 1.54) is 11.1 Å². The van der Waals surface area contributed by atoms with Gasteiger partial charge < -0.3 is 10.2 Å². The van der Waals surface area contributed by atoms with E-state index in [2.05, 4.69) is 24.3 Å². The van der Waals surface area contributed by atoms with E-state index in [1.807, 2.05) is 71.6 Å². The molecule has 0 saturated carbocycles. The molecule has 27 heavy (non-hydrogen) atoms. The summed E-state index contributed by atoms with van der Waals surface area (Å²) in [7, 11) is 0. The van der Waals surface area contributed by atoms with Gasteiger partial charge in [-0.1, -0.05) is 91.0 Å². The molecule has 2 atom stereocenters. The van der Waals surface area contributed by atoms with Crippen molar-refractivity contribution in [3.8, 4) is 0 Å². The molecule has 0 radical (unpaired) electrons. The van der Waals surface area contributed by atoms with Crippen LogP contribution in [0.25, 0.3) is 0 Å². The van der Waals surface area contributed by atoms with E-state index in [1.54, 1.807) is 0 Å². The molecule has 3 aromatic rings. The van der Waals surface area contributed by atoms with Crippen molar-refractivity contribution in [3.63, 3.8) is 0 Å². The minimum absolute atomic E-state index is 0.00464. The van der Waals surface area contributed by atoms with Gasteiger partial charge >= 0.3 is 0 Å². The van der Waals surface area contributed by atoms with Crippen molar-refractivity contribution in [3.05, 3.63) is 108 Å². The molecule has 3 heteroatoms. The highest BCUT2D eigenvalue weighted by Gasteiger charge is 2.47. The first kappa shape index (κ1) is 17.9. The molecule has 0 aliphatic carbocycles. The minimum Gasteiger partial charge on any atom is -0.384 e. The lowest BCUT2D eigenvalue weighted by atomic mass is 9.81. The third-order valence-corrected chi connectivity index (χ3v) is 5.68. The van der Waals surface area contributed by atoms with E-state index in [-0.39, 0.29) is 18.7 Å². The van der Waals surface area contributed by atoms with Gasteiger partial charge in [-0.25, -0.2) is 0 Å². The third-order valence-electron chi connectivity index (χ3n) is 5.68. The van der Waals surface area contributed by atoms with Gasteiger partial charge in [-0.3, -0.25) is 4.90 Å². The maximum Gasteiger partial charge on any atom is 0.104 e. The Kier molecular flexibility index (Phi) is 5.08. The molecule has 4 rings (SSSR count). The van der Waals surface area contributed by atoms with Crippen LogP contribution in [0.5, 0.6) is 0 Å². The van der Waals surface area contributed by atoms with Gasteiger partial charge in [0.2, 0.25) is 0 Å². The molecule has 1 aliphatic heterocycles. The topological polar surface area (TPSA) is 43.7 Å². The fourth-order valence-electron chi connectivity index (χ4n) is 4.39. The highest BCUT2D eigenvalue weighted by Crippen LogP contribution is 2.43. The summed E-state index contributed by atoms with van der Waals surface area (Å²) in [6, 6.07) is 30.6. The predicted octanol–water partition coefficient (Wildman–Crippen LogP) is 3.73. The minimum atomic E-state index is -0.962. The van der Waals surface area contributed by atoms with Crippen LogP contribution in [-0.2, 0) is 5.60 Å². The van der Waals surface area contributed by atoms with E-state index in [9.17, 15) is 10.2 Å². The number of hydrogen-bond acceptors (Lipinski definition) is 3. The Morgan fingerprint density at radius 1 is 0.815 bits per heavy atom. The normalized spacial score (nSPS) is 23.0. The molecule has 138 valence electrons. The number of β-amino-alcohol motifs (C(OH)–C–C–N with tert-alkyl or cyclic N) is 1. The Morgan fingerprint density at radius 3 is 1.78 bits per heavy atom. The van der Waals surface area contributed by atoms with Crippen LogP contribution in [0.3, 0.4) is 0 Å². The van der Waals surface area contributed by atoms with Gasteiger partial charge in [0.05, 0.1) is 6.73 Å². The summed E-state index contributed by atoms with van der Waals surface area (Å²) >= 11 is 0. The fraction of sp³-hybridized carbons (Fsp3) is 0.250. The molecule has 2 N–H and O–H groups in total. The third kappa shape index (κ3) is 3.54. The van der Waals surface area contributed by atoms with Crippen molar-refractivity contribution in [2.75, 3.05) is 13.3 Å². The number of aliphatic hydroxyl groups is 2. The fourth-order valence-corrected chi connectivity index (χ4v) is 4.39. The molecular weight excluding hydrogens is 334 g/mol. The number of aliphatic hydroxyl groups excluding tert-OH is 1. The number of likely N-dealkylation sites (tertiary alicyclic amines) is 1. The summed E-state index contributed by atoms with van der Waals surface area (Å²) in [5.41, 5.74) is 2.34. The Hall–Kier alpha value is -2.46. The molecule has 1 heterocycles. The maximum atomic E-state index is 11.4. The molecule has 0 aromatic heterocycles. The molecule has 0 spiro atoms. The molecule has 1 fully saturated rings. The zero-order valence-corrected chi connectivity index (χ0v) is 15.3. The van der Waals surface area contributed by atoms with E-state index in [0.29, 0.717) is 13.0 Å². The largest absolute Gasteiger partial charge is 0.384 e. The summed E-state index contributed by atoms with van der Waals surface area (Å²) in [5, 5.41) is 21.5. The second-order valence-electron chi connectivity index (χ2n) is 7.36. The first-order chi connectivity index (χ1) is 13.2. The number of rotatable bonds is 5. The van der Waals surface area contributed by atoms with Crippen molar-refractivity contribution in [2.45, 2.75) is 24.0 Å². The number of hydrogen-bond donors (Lipinski definition) is 2. The van der Waals surface area contributed by atoms with E-state index >= 15 is 0 Å². The molecule has 0 amide bonds. The van der Waals surface area contributed by atoms with Crippen LogP contribution in [0.1, 0.15) is 29.0 Å². The first-order valence-electron chi connectivity index (χ1n) is 9.44. The number of benzene rings is 3. The van der Waals surface area contributed by atoms with Crippen molar-refractivity contribution in [1.29, 1.82) is 0 Å². The van der Waals surface area contributed by atoms with Crippen LogP contribution in [0.2, 0.25) is 0 Å². The van der Waals surface area contributed by atoms with Crippen molar-refractivity contribution in [1.82, 2.24) is 4.90 Å². The summed E-state index contributed by atoms with van der Waals surface area (Å²) in [4.78, 5) is 2.00. The van der Waals surface area contributed by atoms with Crippen molar-refractivity contribution < 1.29 is 10.2 Å². The number of nitrogens with zero attached hydrogens (tertiary/aromatic N) is 1. The van der Waals surface area contributed by atoms with Crippen LogP contribution in [-0.4, -0.2) is 34.4 Å². The smallest absolute Gasteiger partial charge is 0.104 e. The van der Waals surface area contributed by atoms with Crippen LogP contribution < -0.4 is 0 Å². The SMILES string of the molecule is OCN1C[C@](O)(c2ccccc2)C[C@H]1C(c1ccccc1)c1ccccc1. The maximum absolute atomic E-state index is 11.4. The lowest BCUT2D eigenvalue weighted by molar-refractivity contribution is 0.0296.